The molecule has 0 aliphatic heterocycles. The van der Waals surface area contributed by atoms with Gasteiger partial charge in [0.2, 0.25) is 0 Å². The van der Waals surface area contributed by atoms with Crippen LogP contribution in [0.2, 0.25) is 0 Å². The highest BCUT2D eigenvalue weighted by Crippen LogP contribution is 2.14. The first kappa shape index (κ1) is 8.45. The molecule has 0 saturated heterocycles. The van der Waals surface area contributed by atoms with Gasteiger partial charge in [-0.2, -0.15) is 5.10 Å². The van der Waals surface area contributed by atoms with E-state index >= 15 is 0 Å². The third-order valence-electron chi connectivity index (χ3n) is 1.85. The first-order valence-corrected chi connectivity index (χ1v) is 4.16. The van der Waals surface area contributed by atoms with Crippen LogP contribution in [-0.2, 0) is 0 Å². The van der Waals surface area contributed by atoms with Crippen LogP contribution in [0, 0.1) is 13.5 Å². The SMILES string of the molecule is [C-]#[N+]c1ccc(-n2cnc(C)n2)cc1. The number of hydrogen-bond donors (Lipinski definition) is 0. The molecule has 0 aliphatic rings. The normalized spacial score (nSPS) is 9.71. The average Bonchev–Trinajstić information content (AvgIpc) is 2.65. The summed E-state index contributed by atoms with van der Waals surface area (Å²) in [4.78, 5) is 7.34. The molecule has 1 heterocycles. The molecule has 0 amide bonds. The Balaban J connectivity index is 2.39. The Morgan fingerprint density at radius 2 is 2.00 bits per heavy atom. The highest BCUT2D eigenvalue weighted by Gasteiger charge is 1.98. The Bertz CT molecular complexity index is 476. The van der Waals surface area contributed by atoms with Crippen molar-refractivity contribution in [2.75, 3.05) is 0 Å². The van der Waals surface area contributed by atoms with Crippen LogP contribution in [0.3, 0.4) is 0 Å². The molecule has 0 N–H and O–H groups in total. The molecule has 0 spiro atoms. The van der Waals surface area contributed by atoms with E-state index in [0.29, 0.717) is 5.69 Å². The van der Waals surface area contributed by atoms with Crippen LogP contribution < -0.4 is 0 Å². The van der Waals surface area contributed by atoms with Crippen molar-refractivity contribution in [2.24, 2.45) is 0 Å². The molecule has 2 aromatic rings. The van der Waals surface area contributed by atoms with Crippen LogP contribution in [0.25, 0.3) is 10.5 Å². The van der Waals surface area contributed by atoms with E-state index in [0.717, 1.165) is 11.5 Å². The van der Waals surface area contributed by atoms with E-state index in [-0.39, 0.29) is 0 Å². The molecule has 1 aromatic carbocycles. The van der Waals surface area contributed by atoms with Gasteiger partial charge in [-0.25, -0.2) is 14.5 Å². The molecule has 0 atom stereocenters. The lowest BCUT2D eigenvalue weighted by Crippen LogP contribution is -1.93. The number of aryl methyl sites for hydroxylation is 1. The third kappa shape index (κ3) is 1.48. The number of benzene rings is 1. The van der Waals surface area contributed by atoms with Gasteiger partial charge in [0, 0.05) is 0 Å². The lowest BCUT2D eigenvalue weighted by Gasteiger charge is -1.98. The van der Waals surface area contributed by atoms with Crippen molar-refractivity contribution in [1.29, 1.82) is 0 Å². The zero-order chi connectivity index (χ0) is 9.97. The second kappa shape index (κ2) is 3.30. The summed E-state index contributed by atoms with van der Waals surface area (Å²) in [6.07, 6.45) is 1.65. The van der Waals surface area contributed by atoms with E-state index in [1.165, 1.54) is 0 Å². The van der Waals surface area contributed by atoms with Gasteiger partial charge in [0.25, 0.3) is 0 Å². The first-order chi connectivity index (χ1) is 6.79. The first-order valence-electron chi connectivity index (χ1n) is 4.16. The van der Waals surface area contributed by atoms with Gasteiger partial charge in [0.15, 0.2) is 5.69 Å². The monoisotopic (exact) mass is 184 g/mol. The number of aromatic nitrogens is 3. The smallest absolute Gasteiger partial charge is 0.187 e. The molecule has 0 radical (unpaired) electrons. The van der Waals surface area contributed by atoms with Crippen molar-refractivity contribution >= 4 is 5.69 Å². The molecule has 1 aromatic heterocycles. The average molecular weight is 184 g/mol. The summed E-state index contributed by atoms with van der Waals surface area (Å²) in [5, 5.41) is 4.16. The van der Waals surface area contributed by atoms with Gasteiger partial charge in [-0.15, -0.1) is 0 Å². The molecular formula is C10H8N4. The number of rotatable bonds is 1. The van der Waals surface area contributed by atoms with Gasteiger partial charge in [0.1, 0.15) is 12.2 Å². The van der Waals surface area contributed by atoms with E-state index in [9.17, 15) is 0 Å². The molecule has 14 heavy (non-hydrogen) atoms. The molecule has 0 aliphatic carbocycles. The van der Waals surface area contributed by atoms with Gasteiger partial charge in [0.05, 0.1) is 12.3 Å². The highest BCUT2D eigenvalue weighted by atomic mass is 15.3. The van der Waals surface area contributed by atoms with Crippen LogP contribution >= 0.6 is 0 Å². The van der Waals surface area contributed by atoms with Gasteiger partial charge < -0.3 is 0 Å². The molecule has 4 nitrogen and oxygen atoms in total. The van der Waals surface area contributed by atoms with Crippen molar-refractivity contribution in [3.05, 3.63) is 47.8 Å². The minimum Gasteiger partial charge on any atom is -0.238 e. The number of hydrogen-bond acceptors (Lipinski definition) is 2. The maximum absolute atomic E-state index is 6.81. The maximum Gasteiger partial charge on any atom is 0.187 e. The largest absolute Gasteiger partial charge is 0.238 e. The molecule has 0 bridgehead atoms. The summed E-state index contributed by atoms with van der Waals surface area (Å²) in [6.45, 7) is 8.65. The quantitative estimate of drug-likeness (QED) is 0.636. The van der Waals surface area contributed by atoms with Crippen LogP contribution in [-0.4, -0.2) is 14.8 Å². The topological polar surface area (TPSA) is 35.1 Å². The zero-order valence-corrected chi connectivity index (χ0v) is 7.68. The summed E-state index contributed by atoms with van der Waals surface area (Å²) < 4.78 is 1.68. The van der Waals surface area contributed by atoms with Gasteiger partial charge >= 0.3 is 0 Å². The minimum absolute atomic E-state index is 0.630. The fourth-order valence-corrected chi connectivity index (χ4v) is 1.15. The summed E-state index contributed by atoms with van der Waals surface area (Å²) in [7, 11) is 0. The maximum atomic E-state index is 6.81. The Morgan fingerprint density at radius 3 is 2.50 bits per heavy atom. The van der Waals surface area contributed by atoms with Crippen LogP contribution in [0.1, 0.15) is 5.82 Å². The molecule has 2 rings (SSSR count). The van der Waals surface area contributed by atoms with E-state index in [1.54, 1.807) is 23.1 Å². The molecule has 0 fully saturated rings. The fraction of sp³-hybridized carbons (Fsp3) is 0.100. The van der Waals surface area contributed by atoms with Crippen LogP contribution in [0.4, 0.5) is 5.69 Å². The summed E-state index contributed by atoms with van der Waals surface area (Å²) in [5.74, 6) is 0.735. The standard InChI is InChI=1S/C10H8N4/c1-8-12-7-14(13-8)10-5-3-9(11-2)4-6-10/h3-7H,1H3. The zero-order valence-electron chi connectivity index (χ0n) is 7.68. The second-order valence-corrected chi connectivity index (χ2v) is 2.86. The summed E-state index contributed by atoms with van der Waals surface area (Å²) >= 11 is 0. The summed E-state index contributed by atoms with van der Waals surface area (Å²) in [5.41, 5.74) is 1.54. The Hall–Kier alpha value is -2.15. The number of nitrogens with zero attached hydrogens (tertiary/aromatic N) is 4. The Morgan fingerprint density at radius 1 is 1.29 bits per heavy atom. The molecule has 0 unspecified atom stereocenters. The van der Waals surface area contributed by atoms with E-state index in [4.69, 9.17) is 6.57 Å². The van der Waals surface area contributed by atoms with Crippen molar-refractivity contribution in [2.45, 2.75) is 6.92 Å². The van der Waals surface area contributed by atoms with Gasteiger partial charge in [-0.1, -0.05) is 12.1 Å². The second-order valence-electron chi connectivity index (χ2n) is 2.86. The van der Waals surface area contributed by atoms with Crippen molar-refractivity contribution in [3.63, 3.8) is 0 Å². The van der Waals surface area contributed by atoms with E-state index in [2.05, 4.69) is 14.9 Å². The lowest BCUT2D eigenvalue weighted by atomic mass is 10.3. The van der Waals surface area contributed by atoms with Crippen LogP contribution in [0.5, 0.6) is 0 Å². The van der Waals surface area contributed by atoms with Crippen molar-refractivity contribution in [3.8, 4) is 5.69 Å². The third-order valence-corrected chi connectivity index (χ3v) is 1.85. The molecule has 0 saturated carbocycles. The summed E-state index contributed by atoms with van der Waals surface area (Å²) in [6, 6.07) is 7.22. The minimum atomic E-state index is 0.630. The predicted molar refractivity (Wildman–Crippen MR) is 52.4 cm³/mol. The van der Waals surface area contributed by atoms with Crippen LogP contribution in [0.15, 0.2) is 30.6 Å². The predicted octanol–water partition coefficient (Wildman–Crippen LogP) is 2.13. The van der Waals surface area contributed by atoms with Gasteiger partial charge in [-0.05, 0) is 19.1 Å². The highest BCUT2D eigenvalue weighted by molar-refractivity contribution is 5.48. The van der Waals surface area contributed by atoms with Crippen molar-refractivity contribution < 1.29 is 0 Å². The van der Waals surface area contributed by atoms with Crippen molar-refractivity contribution in [1.82, 2.24) is 14.8 Å². The van der Waals surface area contributed by atoms with E-state index < -0.39 is 0 Å². The lowest BCUT2D eigenvalue weighted by molar-refractivity contribution is 0.863. The Kier molecular flexibility index (Phi) is 1.99. The molecular weight excluding hydrogens is 176 g/mol. The fourth-order valence-electron chi connectivity index (χ4n) is 1.15. The Labute approximate surface area is 81.6 Å². The van der Waals surface area contributed by atoms with Gasteiger partial charge in [-0.3, -0.25) is 0 Å². The molecule has 4 heteroatoms. The molecule has 68 valence electrons. The van der Waals surface area contributed by atoms with E-state index in [1.807, 2.05) is 19.1 Å².